The third-order valence-corrected chi connectivity index (χ3v) is 4.87. The number of aryl methyl sites for hydroxylation is 1. The van der Waals surface area contributed by atoms with Crippen LogP contribution in [0.3, 0.4) is 0 Å². The van der Waals surface area contributed by atoms with E-state index in [2.05, 4.69) is 38.6 Å². The number of nitrogens with one attached hydrogen (secondary N) is 1. The van der Waals surface area contributed by atoms with E-state index in [0.29, 0.717) is 6.54 Å². The average Bonchev–Trinajstić information content (AvgIpc) is 3.33. The molecule has 0 atom stereocenters. The first-order valence-electron chi connectivity index (χ1n) is 8.55. The fourth-order valence-corrected chi connectivity index (χ4v) is 3.50. The van der Waals surface area contributed by atoms with Crippen molar-refractivity contribution in [3.63, 3.8) is 0 Å². The molecule has 1 aliphatic heterocycles. The first kappa shape index (κ1) is 19.5. The summed E-state index contributed by atoms with van der Waals surface area (Å²) in [6.07, 6.45) is 3.81. The quantitative estimate of drug-likeness (QED) is 0.562. The maximum Gasteiger partial charge on any atom is 0.160 e. The maximum absolute atomic E-state index is 6.06. The minimum Gasteiger partial charge on any atom is -0.459 e. The zero-order chi connectivity index (χ0) is 16.8. The molecule has 0 saturated carbocycles. The Hall–Kier alpha value is -2.28. The lowest BCUT2D eigenvalue weighted by molar-refractivity contribution is 0.476. The third-order valence-electron chi connectivity index (χ3n) is 4.87. The van der Waals surface area contributed by atoms with Gasteiger partial charge in [-0.25, -0.2) is 4.98 Å². The number of rotatable bonds is 3. The molecule has 142 valence electrons. The second-order valence-electron chi connectivity index (χ2n) is 6.45. The molecule has 0 unspecified atom stereocenters. The smallest absolute Gasteiger partial charge is 0.160 e. The SMILES string of the molecule is Cc1c(Cn2ccnc2-c2cc3n(n2)CCNC3)oc2ccccc12.Cl.Cl. The number of furan rings is 1. The van der Waals surface area contributed by atoms with Gasteiger partial charge in [0.1, 0.15) is 17.0 Å². The van der Waals surface area contributed by atoms with Gasteiger partial charge < -0.3 is 14.3 Å². The first-order valence-corrected chi connectivity index (χ1v) is 8.55. The molecule has 0 saturated heterocycles. The molecule has 1 N–H and O–H groups in total. The van der Waals surface area contributed by atoms with E-state index in [0.717, 1.165) is 42.5 Å². The molecule has 0 bridgehead atoms. The van der Waals surface area contributed by atoms with Crippen LogP contribution in [-0.2, 0) is 19.6 Å². The molecule has 4 aromatic rings. The highest BCUT2D eigenvalue weighted by Crippen LogP contribution is 2.27. The van der Waals surface area contributed by atoms with Crippen molar-refractivity contribution in [2.24, 2.45) is 0 Å². The molecule has 5 rings (SSSR count). The van der Waals surface area contributed by atoms with Gasteiger partial charge >= 0.3 is 0 Å². The number of fused-ring (bicyclic) bond motifs is 2. The van der Waals surface area contributed by atoms with Crippen molar-refractivity contribution in [1.29, 1.82) is 0 Å². The van der Waals surface area contributed by atoms with Gasteiger partial charge in [0, 0.05) is 36.4 Å². The van der Waals surface area contributed by atoms with Gasteiger partial charge in [-0.2, -0.15) is 5.10 Å². The van der Waals surface area contributed by atoms with Crippen molar-refractivity contribution in [3.8, 4) is 11.5 Å². The summed E-state index contributed by atoms with van der Waals surface area (Å²) in [5, 5.41) is 9.27. The van der Waals surface area contributed by atoms with Crippen LogP contribution in [0.15, 0.2) is 47.1 Å². The molecule has 0 spiro atoms. The van der Waals surface area contributed by atoms with Crippen LogP contribution in [0.4, 0.5) is 0 Å². The molecule has 6 nitrogen and oxygen atoms in total. The standard InChI is InChI=1S/C19H19N5O.2ClH/c1-13-15-4-2-3-5-17(15)25-18(13)12-23-8-7-21-19(23)16-10-14-11-20-6-9-24(14)22-16;;/h2-5,7-8,10,20H,6,9,11-12H2,1H3;2*1H. The van der Waals surface area contributed by atoms with E-state index in [-0.39, 0.29) is 24.8 Å². The number of aromatic nitrogens is 4. The van der Waals surface area contributed by atoms with Crippen molar-refractivity contribution in [2.75, 3.05) is 6.54 Å². The van der Waals surface area contributed by atoms with Crippen LogP contribution in [0.2, 0.25) is 0 Å². The summed E-state index contributed by atoms with van der Waals surface area (Å²) in [4.78, 5) is 4.53. The number of halogens is 2. The molecule has 1 aliphatic rings. The molecule has 3 aromatic heterocycles. The largest absolute Gasteiger partial charge is 0.459 e. The zero-order valence-corrected chi connectivity index (χ0v) is 16.5. The second kappa shape index (κ2) is 7.76. The molecule has 0 fully saturated rings. The first-order chi connectivity index (χ1) is 12.3. The summed E-state index contributed by atoms with van der Waals surface area (Å²) in [7, 11) is 0. The van der Waals surface area contributed by atoms with Crippen molar-refractivity contribution < 1.29 is 4.42 Å². The minimum atomic E-state index is 0. The topological polar surface area (TPSA) is 60.8 Å². The Morgan fingerprint density at radius 1 is 1.22 bits per heavy atom. The number of hydrogen-bond donors (Lipinski definition) is 1. The van der Waals surface area contributed by atoms with E-state index in [1.807, 2.05) is 30.6 Å². The summed E-state index contributed by atoms with van der Waals surface area (Å²) in [5.41, 5.74) is 4.23. The summed E-state index contributed by atoms with van der Waals surface area (Å²) >= 11 is 0. The van der Waals surface area contributed by atoms with Crippen molar-refractivity contribution in [2.45, 2.75) is 26.6 Å². The van der Waals surface area contributed by atoms with E-state index in [4.69, 9.17) is 9.52 Å². The van der Waals surface area contributed by atoms with Crippen molar-refractivity contribution in [3.05, 3.63) is 59.7 Å². The van der Waals surface area contributed by atoms with Gasteiger partial charge in [-0.1, -0.05) is 18.2 Å². The average molecular weight is 406 g/mol. The summed E-state index contributed by atoms with van der Waals surface area (Å²) in [6.45, 7) is 5.48. The number of hydrogen-bond acceptors (Lipinski definition) is 4. The molecular weight excluding hydrogens is 385 g/mol. The van der Waals surface area contributed by atoms with Crippen molar-refractivity contribution in [1.82, 2.24) is 24.6 Å². The Labute approximate surface area is 169 Å². The molecule has 1 aromatic carbocycles. The van der Waals surface area contributed by atoms with Gasteiger partial charge in [-0.15, -0.1) is 24.8 Å². The Balaban J connectivity index is 0.00000105. The normalized spacial score (nSPS) is 13.1. The predicted molar refractivity (Wildman–Crippen MR) is 110 cm³/mol. The molecular formula is C19H21Cl2N5O. The van der Waals surface area contributed by atoms with Crippen LogP contribution >= 0.6 is 24.8 Å². The predicted octanol–water partition coefficient (Wildman–Crippen LogP) is 3.80. The van der Waals surface area contributed by atoms with Crippen molar-refractivity contribution >= 4 is 35.8 Å². The zero-order valence-electron chi connectivity index (χ0n) is 14.9. The Morgan fingerprint density at radius 2 is 2.07 bits per heavy atom. The second-order valence-corrected chi connectivity index (χ2v) is 6.45. The number of para-hydroxylation sites is 1. The molecule has 27 heavy (non-hydrogen) atoms. The highest BCUT2D eigenvalue weighted by atomic mass is 35.5. The lowest BCUT2D eigenvalue weighted by Gasteiger charge is -2.13. The molecule has 0 radical (unpaired) electrons. The number of benzene rings is 1. The summed E-state index contributed by atoms with van der Waals surface area (Å²) in [5.74, 6) is 1.84. The summed E-state index contributed by atoms with van der Waals surface area (Å²) in [6, 6.07) is 10.3. The van der Waals surface area contributed by atoms with Gasteiger partial charge in [0.25, 0.3) is 0 Å². The molecule has 4 heterocycles. The molecule has 0 amide bonds. The fourth-order valence-electron chi connectivity index (χ4n) is 3.50. The Kier molecular flexibility index (Phi) is 5.60. The Bertz CT molecular complexity index is 1040. The van der Waals surface area contributed by atoms with Gasteiger partial charge in [-0.05, 0) is 19.1 Å². The molecule has 0 aliphatic carbocycles. The van der Waals surface area contributed by atoms with Crippen LogP contribution in [-0.4, -0.2) is 25.9 Å². The van der Waals surface area contributed by atoms with Gasteiger partial charge in [0.15, 0.2) is 5.82 Å². The third kappa shape index (κ3) is 3.36. The van der Waals surface area contributed by atoms with E-state index >= 15 is 0 Å². The van der Waals surface area contributed by atoms with E-state index in [9.17, 15) is 0 Å². The lowest BCUT2D eigenvalue weighted by Crippen LogP contribution is -2.28. The van der Waals surface area contributed by atoms with Crippen LogP contribution < -0.4 is 5.32 Å². The monoisotopic (exact) mass is 405 g/mol. The van der Waals surface area contributed by atoms with E-state index in [1.54, 1.807) is 0 Å². The number of imidazole rings is 1. The van der Waals surface area contributed by atoms with Crippen LogP contribution in [0.25, 0.3) is 22.5 Å². The summed E-state index contributed by atoms with van der Waals surface area (Å²) < 4.78 is 10.2. The lowest BCUT2D eigenvalue weighted by atomic mass is 10.1. The molecule has 8 heteroatoms. The van der Waals surface area contributed by atoms with Gasteiger partial charge in [0.05, 0.1) is 18.8 Å². The van der Waals surface area contributed by atoms with Crippen LogP contribution in [0.1, 0.15) is 17.0 Å². The van der Waals surface area contributed by atoms with Crippen LogP contribution in [0, 0.1) is 6.92 Å². The highest BCUT2D eigenvalue weighted by Gasteiger charge is 2.17. The number of nitrogens with zero attached hydrogens (tertiary/aromatic N) is 4. The van der Waals surface area contributed by atoms with E-state index < -0.39 is 0 Å². The maximum atomic E-state index is 6.06. The minimum absolute atomic E-state index is 0. The Morgan fingerprint density at radius 3 is 2.89 bits per heavy atom. The highest BCUT2D eigenvalue weighted by molar-refractivity contribution is 5.85. The van der Waals surface area contributed by atoms with E-state index in [1.165, 1.54) is 16.6 Å². The van der Waals surface area contributed by atoms with Crippen LogP contribution in [0.5, 0.6) is 0 Å². The van der Waals surface area contributed by atoms with Gasteiger partial charge in [-0.3, -0.25) is 4.68 Å². The van der Waals surface area contributed by atoms with Gasteiger partial charge in [0.2, 0.25) is 0 Å². The fraction of sp³-hybridized carbons (Fsp3) is 0.263.